The van der Waals surface area contributed by atoms with Gasteiger partial charge in [-0.1, -0.05) is 30.3 Å². The van der Waals surface area contributed by atoms with Crippen molar-refractivity contribution in [2.45, 2.75) is 39.8 Å². The smallest absolute Gasteiger partial charge is 0.329 e. The molecule has 0 aliphatic rings. The number of ether oxygens (including phenoxy) is 2. The zero-order valence-electron chi connectivity index (χ0n) is 17.2. The number of carbonyl (C=O) groups is 2. The zero-order valence-corrected chi connectivity index (χ0v) is 17.2. The van der Waals surface area contributed by atoms with Crippen LogP contribution in [0.3, 0.4) is 0 Å². The maximum absolute atomic E-state index is 11.8. The van der Waals surface area contributed by atoms with Crippen LogP contribution in [0.4, 0.5) is 0 Å². The maximum Gasteiger partial charge on any atom is 0.329 e. The lowest BCUT2D eigenvalue weighted by atomic mass is 10.1. The summed E-state index contributed by atoms with van der Waals surface area (Å²) >= 11 is 0. The lowest BCUT2D eigenvalue weighted by molar-refractivity contribution is -0.140. The van der Waals surface area contributed by atoms with Crippen LogP contribution in [0.2, 0.25) is 0 Å². The molecule has 29 heavy (non-hydrogen) atoms. The Labute approximate surface area is 171 Å². The second kappa shape index (κ2) is 10.3. The Balaban J connectivity index is 2.00. The summed E-state index contributed by atoms with van der Waals surface area (Å²) in [6.45, 7) is 8.16. The first kappa shape index (κ1) is 21.9. The Bertz CT molecular complexity index is 858. The van der Waals surface area contributed by atoms with Gasteiger partial charge in [0.1, 0.15) is 6.61 Å². The fraction of sp³-hybridized carbons (Fsp3) is 0.318. The molecule has 0 aliphatic carbocycles. The molecule has 0 atom stereocenters. The number of hydrogen-bond donors (Lipinski definition) is 2. The maximum atomic E-state index is 11.8. The van der Waals surface area contributed by atoms with Crippen molar-refractivity contribution in [2.24, 2.45) is 5.10 Å². The van der Waals surface area contributed by atoms with Crippen LogP contribution in [0.25, 0.3) is 0 Å². The zero-order chi connectivity index (χ0) is 21.3. The molecule has 0 aromatic heterocycles. The standard InChI is InChI=1S/C22H27N3O4/c1-5-28-19-13-17(14-23-25-21(27)20(26)24-22(2,3)4)11-12-18(19)29-15-16-9-7-6-8-10-16/h6-14H,5,15H2,1-4H3,(H,24,26)(H,25,27). The van der Waals surface area contributed by atoms with Gasteiger partial charge in [0, 0.05) is 5.54 Å². The number of hydrazone groups is 1. The Morgan fingerprint density at radius 2 is 1.72 bits per heavy atom. The van der Waals surface area contributed by atoms with Crippen LogP contribution < -0.4 is 20.2 Å². The number of nitrogens with zero attached hydrogens (tertiary/aromatic N) is 1. The van der Waals surface area contributed by atoms with E-state index >= 15 is 0 Å². The third kappa shape index (κ3) is 7.65. The van der Waals surface area contributed by atoms with Gasteiger partial charge in [-0.05, 0) is 57.0 Å². The predicted octanol–water partition coefficient (Wildman–Crippen LogP) is 3.03. The van der Waals surface area contributed by atoms with Crippen molar-refractivity contribution in [2.75, 3.05) is 6.61 Å². The minimum atomic E-state index is -0.830. The van der Waals surface area contributed by atoms with Crippen LogP contribution in [0.1, 0.15) is 38.8 Å². The summed E-state index contributed by atoms with van der Waals surface area (Å²) in [5.74, 6) is -0.385. The molecule has 2 amide bonds. The van der Waals surface area contributed by atoms with Gasteiger partial charge in [0.25, 0.3) is 0 Å². The normalized spacial score (nSPS) is 11.2. The van der Waals surface area contributed by atoms with Gasteiger partial charge in [-0.15, -0.1) is 0 Å². The highest BCUT2D eigenvalue weighted by molar-refractivity contribution is 6.35. The molecule has 0 unspecified atom stereocenters. The fourth-order valence-corrected chi connectivity index (χ4v) is 2.34. The second-order valence-electron chi connectivity index (χ2n) is 7.32. The van der Waals surface area contributed by atoms with Crippen LogP contribution in [0, 0.1) is 0 Å². The van der Waals surface area contributed by atoms with Crippen LogP contribution >= 0.6 is 0 Å². The van der Waals surface area contributed by atoms with Gasteiger partial charge in [-0.25, -0.2) is 5.43 Å². The molecular formula is C22H27N3O4. The topological polar surface area (TPSA) is 89.0 Å². The number of rotatable bonds is 7. The van der Waals surface area contributed by atoms with Gasteiger partial charge >= 0.3 is 11.8 Å². The third-order valence-corrected chi connectivity index (χ3v) is 3.58. The Kier molecular flexibility index (Phi) is 7.77. The molecule has 0 saturated carbocycles. The van der Waals surface area contributed by atoms with Gasteiger partial charge in [0.2, 0.25) is 0 Å². The summed E-state index contributed by atoms with van der Waals surface area (Å²) < 4.78 is 11.5. The molecule has 7 nitrogen and oxygen atoms in total. The van der Waals surface area contributed by atoms with E-state index in [1.807, 2.05) is 37.3 Å². The first-order chi connectivity index (χ1) is 13.8. The summed E-state index contributed by atoms with van der Waals surface area (Å²) in [6, 6.07) is 15.2. The average Bonchev–Trinajstić information content (AvgIpc) is 2.67. The number of carbonyl (C=O) groups excluding carboxylic acids is 2. The molecule has 2 N–H and O–H groups in total. The van der Waals surface area contributed by atoms with E-state index in [1.165, 1.54) is 6.21 Å². The molecule has 0 spiro atoms. The SMILES string of the molecule is CCOc1cc(C=NNC(=O)C(=O)NC(C)(C)C)ccc1OCc1ccccc1. The largest absolute Gasteiger partial charge is 0.490 e. The molecule has 2 aromatic carbocycles. The molecule has 0 heterocycles. The van der Waals surface area contributed by atoms with Crippen molar-refractivity contribution in [3.05, 3.63) is 59.7 Å². The average molecular weight is 397 g/mol. The van der Waals surface area contributed by atoms with Gasteiger partial charge in [0.05, 0.1) is 12.8 Å². The molecule has 2 rings (SSSR count). The molecule has 0 bridgehead atoms. The van der Waals surface area contributed by atoms with Gasteiger partial charge < -0.3 is 14.8 Å². The molecule has 2 aromatic rings. The molecule has 0 fully saturated rings. The van der Waals surface area contributed by atoms with Crippen molar-refractivity contribution >= 4 is 18.0 Å². The molecule has 154 valence electrons. The lowest BCUT2D eigenvalue weighted by Crippen LogP contribution is -2.47. The van der Waals surface area contributed by atoms with Crippen molar-refractivity contribution < 1.29 is 19.1 Å². The highest BCUT2D eigenvalue weighted by atomic mass is 16.5. The monoisotopic (exact) mass is 397 g/mol. The number of nitrogens with one attached hydrogen (secondary N) is 2. The highest BCUT2D eigenvalue weighted by Gasteiger charge is 2.19. The van der Waals surface area contributed by atoms with E-state index in [4.69, 9.17) is 9.47 Å². The van der Waals surface area contributed by atoms with Crippen LogP contribution in [-0.2, 0) is 16.2 Å². The molecular weight excluding hydrogens is 370 g/mol. The Morgan fingerprint density at radius 1 is 1.00 bits per heavy atom. The van der Waals surface area contributed by atoms with Crippen molar-refractivity contribution in [3.63, 3.8) is 0 Å². The predicted molar refractivity (Wildman–Crippen MR) is 112 cm³/mol. The van der Waals surface area contributed by atoms with E-state index in [-0.39, 0.29) is 0 Å². The number of hydrogen-bond acceptors (Lipinski definition) is 5. The van der Waals surface area contributed by atoms with E-state index < -0.39 is 17.4 Å². The minimum absolute atomic E-state index is 0.424. The Morgan fingerprint density at radius 3 is 2.38 bits per heavy atom. The lowest BCUT2D eigenvalue weighted by Gasteiger charge is -2.19. The first-order valence-electron chi connectivity index (χ1n) is 9.37. The van der Waals surface area contributed by atoms with E-state index in [2.05, 4.69) is 15.8 Å². The summed E-state index contributed by atoms with van der Waals surface area (Å²) in [5, 5.41) is 6.40. The summed E-state index contributed by atoms with van der Waals surface area (Å²) in [7, 11) is 0. The summed E-state index contributed by atoms with van der Waals surface area (Å²) in [6.07, 6.45) is 1.44. The minimum Gasteiger partial charge on any atom is -0.490 e. The van der Waals surface area contributed by atoms with Crippen molar-refractivity contribution in [1.82, 2.24) is 10.7 Å². The molecule has 7 heteroatoms. The second-order valence-corrected chi connectivity index (χ2v) is 7.32. The van der Waals surface area contributed by atoms with Crippen LogP contribution in [0.5, 0.6) is 11.5 Å². The molecule has 0 saturated heterocycles. The molecule has 0 aliphatic heterocycles. The number of benzene rings is 2. The van der Waals surface area contributed by atoms with Crippen LogP contribution in [-0.4, -0.2) is 30.2 Å². The molecule has 0 radical (unpaired) electrons. The van der Waals surface area contributed by atoms with E-state index in [0.717, 1.165) is 5.56 Å². The summed E-state index contributed by atoms with van der Waals surface area (Å²) in [4.78, 5) is 23.5. The third-order valence-electron chi connectivity index (χ3n) is 3.58. The first-order valence-corrected chi connectivity index (χ1v) is 9.37. The summed E-state index contributed by atoms with van der Waals surface area (Å²) in [5.41, 5.74) is 3.46. The van der Waals surface area contributed by atoms with E-state index in [1.54, 1.807) is 39.0 Å². The van der Waals surface area contributed by atoms with Crippen molar-refractivity contribution in [3.8, 4) is 11.5 Å². The highest BCUT2D eigenvalue weighted by Crippen LogP contribution is 2.28. The van der Waals surface area contributed by atoms with Gasteiger partial charge in [-0.2, -0.15) is 5.10 Å². The quantitative estimate of drug-likeness (QED) is 0.427. The van der Waals surface area contributed by atoms with E-state index in [9.17, 15) is 9.59 Å². The van der Waals surface area contributed by atoms with Crippen LogP contribution in [0.15, 0.2) is 53.6 Å². The van der Waals surface area contributed by atoms with Gasteiger partial charge in [-0.3, -0.25) is 9.59 Å². The van der Waals surface area contributed by atoms with Gasteiger partial charge in [0.15, 0.2) is 11.5 Å². The Hall–Kier alpha value is -3.35. The van der Waals surface area contributed by atoms with E-state index in [0.29, 0.717) is 30.3 Å². The van der Waals surface area contributed by atoms with Crippen molar-refractivity contribution in [1.29, 1.82) is 0 Å². The number of amides is 2. The fourth-order valence-electron chi connectivity index (χ4n) is 2.34.